The molecular formula is C18H19NO3. The molecule has 0 bridgehead atoms. The van der Waals surface area contributed by atoms with Gasteiger partial charge in [-0.25, -0.2) is 4.79 Å². The van der Waals surface area contributed by atoms with Crippen LogP contribution in [0.4, 0.5) is 0 Å². The molecule has 2 rings (SSSR count). The number of carboxylic acid groups (broad SMARTS) is 1. The summed E-state index contributed by atoms with van der Waals surface area (Å²) in [4.78, 5) is 23.4. The highest BCUT2D eigenvalue weighted by atomic mass is 16.4. The summed E-state index contributed by atoms with van der Waals surface area (Å²) in [5.74, 6) is -1.31. The van der Waals surface area contributed by atoms with Gasteiger partial charge >= 0.3 is 5.97 Å². The van der Waals surface area contributed by atoms with Gasteiger partial charge in [-0.15, -0.1) is 0 Å². The number of hydrogen-bond donors (Lipinski definition) is 2. The van der Waals surface area contributed by atoms with Gasteiger partial charge in [0.25, 0.3) is 0 Å². The zero-order valence-corrected chi connectivity index (χ0v) is 12.5. The van der Waals surface area contributed by atoms with Crippen molar-refractivity contribution in [3.63, 3.8) is 0 Å². The Morgan fingerprint density at radius 2 is 1.68 bits per heavy atom. The fourth-order valence-corrected chi connectivity index (χ4v) is 2.29. The Balaban J connectivity index is 2.01. The van der Waals surface area contributed by atoms with Crippen LogP contribution >= 0.6 is 0 Å². The molecule has 0 fully saturated rings. The van der Waals surface area contributed by atoms with Crippen LogP contribution in [0.25, 0.3) is 0 Å². The number of carbonyl (C=O) groups is 2. The monoisotopic (exact) mass is 297 g/mol. The van der Waals surface area contributed by atoms with Crippen molar-refractivity contribution in [1.29, 1.82) is 0 Å². The van der Waals surface area contributed by atoms with Crippen LogP contribution in [0.1, 0.15) is 16.7 Å². The maximum absolute atomic E-state index is 12.0. The molecule has 0 aromatic heterocycles. The second-order valence-corrected chi connectivity index (χ2v) is 5.25. The molecule has 4 heteroatoms. The number of aliphatic carboxylic acids is 1. The molecule has 2 N–H and O–H groups in total. The lowest BCUT2D eigenvalue weighted by Gasteiger charge is -2.16. The van der Waals surface area contributed by atoms with Crippen LogP contribution in [-0.2, 0) is 22.4 Å². The fourth-order valence-electron chi connectivity index (χ4n) is 2.29. The highest BCUT2D eigenvalue weighted by Crippen LogP contribution is 2.10. The van der Waals surface area contributed by atoms with Gasteiger partial charge < -0.3 is 10.4 Å². The first-order chi connectivity index (χ1) is 10.6. The summed E-state index contributed by atoms with van der Waals surface area (Å²) >= 11 is 0. The first kappa shape index (κ1) is 15.8. The number of amides is 1. The van der Waals surface area contributed by atoms with Crippen LogP contribution in [0.15, 0.2) is 54.6 Å². The maximum Gasteiger partial charge on any atom is 0.326 e. The fraction of sp³-hybridized carbons (Fsp3) is 0.222. The summed E-state index contributed by atoms with van der Waals surface area (Å²) in [6.45, 7) is 1.93. The summed E-state index contributed by atoms with van der Waals surface area (Å²) in [5, 5.41) is 11.9. The molecule has 1 amide bonds. The summed E-state index contributed by atoms with van der Waals surface area (Å²) in [5.41, 5.74) is 2.81. The van der Waals surface area contributed by atoms with E-state index in [0.717, 1.165) is 16.7 Å². The molecule has 114 valence electrons. The van der Waals surface area contributed by atoms with Crippen molar-refractivity contribution in [2.75, 3.05) is 0 Å². The first-order valence-corrected chi connectivity index (χ1v) is 7.17. The van der Waals surface area contributed by atoms with E-state index in [-0.39, 0.29) is 18.7 Å². The predicted molar refractivity (Wildman–Crippen MR) is 84.6 cm³/mol. The van der Waals surface area contributed by atoms with Crippen molar-refractivity contribution in [2.45, 2.75) is 25.8 Å². The van der Waals surface area contributed by atoms with E-state index in [4.69, 9.17) is 0 Å². The quantitative estimate of drug-likeness (QED) is 0.860. The minimum Gasteiger partial charge on any atom is -0.480 e. The van der Waals surface area contributed by atoms with E-state index >= 15 is 0 Å². The molecule has 4 nitrogen and oxygen atoms in total. The Kier molecular flexibility index (Phi) is 5.31. The van der Waals surface area contributed by atoms with Gasteiger partial charge in [0.15, 0.2) is 0 Å². The third-order valence-corrected chi connectivity index (χ3v) is 3.53. The van der Waals surface area contributed by atoms with E-state index in [9.17, 15) is 14.7 Å². The standard InChI is InChI=1S/C18H19NO3/c1-13-7-5-6-10-15(13)12-16(18(21)22)19-17(20)11-14-8-3-2-4-9-14/h2-10,16H,11-12H2,1H3,(H,19,20)(H,21,22)/t16-/m0/s1. The van der Waals surface area contributed by atoms with E-state index in [2.05, 4.69) is 5.32 Å². The van der Waals surface area contributed by atoms with Gasteiger partial charge in [0.05, 0.1) is 6.42 Å². The average molecular weight is 297 g/mol. The van der Waals surface area contributed by atoms with Gasteiger partial charge in [0.1, 0.15) is 6.04 Å². The zero-order valence-electron chi connectivity index (χ0n) is 12.5. The van der Waals surface area contributed by atoms with Crippen molar-refractivity contribution in [2.24, 2.45) is 0 Å². The van der Waals surface area contributed by atoms with E-state index in [0.29, 0.717) is 0 Å². The molecule has 0 heterocycles. The summed E-state index contributed by atoms with van der Waals surface area (Å²) < 4.78 is 0. The molecule has 0 unspecified atom stereocenters. The topological polar surface area (TPSA) is 66.4 Å². The van der Waals surface area contributed by atoms with Crippen LogP contribution in [0, 0.1) is 6.92 Å². The number of aryl methyl sites for hydroxylation is 1. The van der Waals surface area contributed by atoms with Crippen molar-refractivity contribution in [3.05, 3.63) is 71.3 Å². The van der Waals surface area contributed by atoms with Gasteiger partial charge in [-0.05, 0) is 23.6 Å². The van der Waals surface area contributed by atoms with E-state index in [1.54, 1.807) is 0 Å². The smallest absolute Gasteiger partial charge is 0.326 e. The summed E-state index contributed by atoms with van der Waals surface area (Å²) in [7, 11) is 0. The Morgan fingerprint density at radius 1 is 1.05 bits per heavy atom. The number of carboxylic acids is 1. The van der Waals surface area contributed by atoms with E-state index in [1.807, 2.05) is 61.5 Å². The van der Waals surface area contributed by atoms with Gasteiger partial charge in [-0.2, -0.15) is 0 Å². The Labute approximate surface area is 129 Å². The van der Waals surface area contributed by atoms with Crippen molar-refractivity contribution < 1.29 is 14.7 Å². The van der Waals surface area contributed by atoms with Crippen molar-refractivity contribution in [1.82, 2.24) is 5.32 Å². The third-order valence-electron chi connectivity index (χ3n) is 3.53. The third kappa shape index (κ3) is 4.45. The number of carbonyl (C=O) groups excluding carboxylic acids is 1. The molecule has 0 saturated carbocycles. The van der Waals surface area contributed by atoms with Gasteiger partial charge in [-0.3, -0.25) is 4.79 Å². The second-order valence-electron chi connectivity index (χ2n) is 5.25. The van der Waals surface area contributed by atoms with Crippen LogP contribution in [0.2, 0.25) is 0 Å². The molecule has 2 aromatic carbocycles. The van der Waals surface area contributed by atoms with Crippen LogP contribution in [-0.4, -0.2) is 23.0 Å². The van der Waals surface area contributed by atoms with E-state index < -0.39 is 12.0 Å². The lowest BCUT2D eigenvalue weighted by Crippen LogP contribution is -2.43. The Hall–Kier alpha value is -2.62. The summed E-state index contributed by atoms with van der Waals surface area (Å²) in [6.07, 6.45) is 0.459. The lowest BCUT2D eigenvalue weighted by atomic mass is 10.0. The molecule has 0 spiro atoms. The van der Waals surface area contributed by atoms with Crippen molar-refractivity contribution >= 4 is 11.9 Å². The number of rotatable bonds is 6. The molecule has 0 aliphatic heterocycles. The lowest BCUT2D eigenvalue weighted by molar-refractivity contribution is -0.141. The molecule has 1 atom stereocenters. The second kappa shape index (κ2) is 7.41. The highest BCUT2D eigenvalue weighted by Gasteiger charge is 2.21. The minimum absolute atomic E-state index is 0.179. The number of nitrogens with one attached hydrogen (secondary N) is 1. The van der Waals surface area contributed by atoms with Crippen LogP contribution < -0.4 is 5.32 Å². The molecule has 0 aliphatic rings. The molecule has 0 saturated heterocycles. The average Bonchev–Trinajstić information content (AvgIpc) is 2.49. The molecule has 0 aliphatic carbocycles. The van der Waals surface area contributed by atoms with Gasteiger partial charge in [0.2, 0.25) is 5.91 Å². The first-order valence-electron chi connectivity index (χ1n) is 7.17. The molecule has 0 radical (unpaired) electrons. The number of hydrogen-bond acceptors (Lipinski definition) is 2. The minimum atomic E-state index is -1.02. The van der Waals surface area contributed by atoms with Crippen molar-refractivity contribution in [3.8, 4) is 0 Å². The SMILES string of the molecule is Cc1ccccc1C[C@H](NC(=O)Cc1ccccc1)C(=O)O. The maximum atomic E-state index is 12.0. The summed E-state index contributed by atoms with van der Waals surface area (Å²) in [6, 6.07) is 15.9. The zero-order chi connectivity index (χ0) is 15.9. The molecular weight excluding hydrogens is 278 g/mol. The molecule has 22 heavy (non-hydrogen) atoms. The largest absolute Gasteiger partial charge is 0.480 e. The van der Waals surface area contributed by atoms with Crippen LogP contribution in [0.5, 0.6) is 0 Å². The highest BCUT2D eigenvalue weighted by molar-refractivity contribution is 5.85. The Bertz CT molecular complexity index is 652. The van der Waals surface area contributed by atoms with E-state index in [1.165, 1.54) is 0 Å². The van der Waals surface area contributed by atoms with Crippen LogP contribution in [0.3, 0.4) is 0 Å². The van der Waals surface area contributed by atoms with Gasteiger partial charge in [-0.1, -0.05) is 54.6 Å². The molecule has 2 aromatic rings. The number of benzene rings is 2. The van der Waals surface area contributed by atoms with Gasteiger partial charge in [0, 0.05) is 6.42 Å². The Morgan fingerprint density at radius 3 is 2.32 bits per heavy atom. The predicted octanol–water partition coefficient (Wildman–Crippen LogP) is 2.35. The normalized spacial score (nSPS) is 11.7.